The first-order valence-corrected chi connectivity index (χ1v) is 8.36. The van der Waals surface area contributed by atoms with Crippen LogP contribution in [-0.2, 0) is 4.79 Å². The molecule has 1 aliphatic heterocycles. The Morgan fingerprint density at radius 3 is 2.64 bits per heavy atom. The Morgan fingerprint density at radius 2 is 2.00 bits per heavy atom. The van der Waals surface area contributed by atoms with Gasteiger partial charge >= 0.3 is 6.03 Å². The third-order valence-electron chi connectivity index (χ3n) is 4.58. The number of nitrogens with one attached hydrogen (secondary N) is 2. The molecule has 6 nitrogen and oxygen atoms in total. The number of primary amides is 1. The van der Waals surface area contributed by atoms with E-state index in [4.69, 9.17) is 5.73 Å². The molecule has 1 heterocycles. The Morgan fingerprint density at radius 1 is 1.23 bits per heavy atom. The van der Waals surface area contributed by atoms with Crippen LogP contribution in [0, 0.1) is 5.92 Å². The van der Waals surface area contributed by atoms with E-state index >= 15 is 0 Å². The number of carbonyl (C=O) groups is 2. The van der Waals surface area contributed by atoms with Crippen molar-refractivity contribution in [3.05, 3.63) is 11.6 Å². The van der Waals surface area contributed by atoms with Crippen molar-refractivity contribution < 1.29 is 9.59 Å². The second-order valence-electron chi connectivity index (χ2n) is 6.26. The number of rotatable bonds is 6. The predicted molar refractivity (Wildman–Crippen MR) is 86.3 cm³/mol. The van der Waals surface area contributed by atoms with Crippen molar-refractivity contribution in [3.63, 3.8) is 0 Å². The van der Waals surface area contributed by atoms with E-state index in [1.807, 2.05) is 0 Å². The van der Waals surface area contributed by atoms with Gasteiger partial charge in [0.05, 0.1) is 0 Å². The summed E-state index contributed by atoms with van der Waals surface area (Å²) in [5.74, 6) is 0.461. The lowest BCUT2D eigenvalue weighted by Gasteiger charge is -2.27. The largest absolute Gasteiger partial charge is 0.352 e. The molecule has 3 amide bonds. The molecule has 0 radical (unpaired) electrons. The molecule has 124 valence electrons. The highest BCUT2D eigenvalue weighted by Gasteiger charge is 2.21. The van der Waals surface area contributed by atoms with Crippen molar-refractivity contribution in [2.75, 3.05) is 32.7 Å². The van der Waals surface area contributed by atoms with Crippen molar-refractivity contribution >= 4 is 11.9 Å². The zero-order valence-corrected chi connectivity index (χ0v) is 13.3. The second-order valence-corrected chi connectivity index (χ2v) is 6.26. The van der Waals surface area contributed by atoms with Crippen LogP contribution in [0.3, 0.4) is 0 Å². The molecule has 0 aromatic rings. The van der Waals surface area contributed by atoms with E-state index in [0.29, 0.717) is 13.1 Å². The van der Waals surface area contributed by atoms with Crippen LogP contribution in [0.15, 0.2) is 11.6 Å². The van der Waals surface area contributed by atoms with E-state index in [1.165, 1.54) is 24.8 Å². The Balaban J connectivity index is 1.63. The van der Waals surface area contributed by atoms with E-state index < -0.39 is 6.03 Å². The maximum absolute atomic E-state index is 12.1. The van der Waals surface area contributed by atoms with Gasteiger partial charge in [0.1, 0.15) is 0 Å². The molecule has 0 saturated heterocycles. The van der Waals surface area contributed by atoms with E-state index in [2.05, 4.69) is 21.6 Å². The fraction of sp³-hybridized carbons (Fsp3) is 0.750. The summed E-state index contributed by atoms with van der Waals surface area (Å²) in [5.41, 5.74) is 6.35. The molecule has 2 aliphatic rings. The van der Waals surface area contributed by atoms with Gasteiger partial charge in [-0.05, 0) is 19.3 Å². The van der Waals surface area contributed by atoms with Crippen LogP contribution in [0.25, 0.3) is 0 Å². The highest BCUT2D eigenvalue weighted by molar-refractivity contribution is 5.78. The lowest BCUT2D eigenvalue weighted by atomic mass is 9.88. The average Bonchev–Trinajstić information content (AvgIpc) is 2.54. The molecule has 4 N–H and O–H groups in total. The van der Waals surface area contributed by atoms with Gasteiger partial charge in [0.25, 0.3) is 0 Å². The summed E-state index contributed by atoms with van der Waals surface area (Å²) in [6.07, 6.45) is 8.91. The van der Waals surface area contributed by atoms with Crippen molar-refractivity contribution in [2.45, 2.75) is 38.5 Å². The fourth-order valence-electron chi connectivity index (χ4n) is 3.16. The van der Waals surface area contributed by atoms with Gasteiger partial charge in [-0.25, -0.2) is 4.79 Å². The zero-order chi connectivity index (χ0) is 15.8. The van der Waals surface area contributed by atoms with E-state index in [1.54, 1.807) is 0 Å². The number of carbonyl (C=O) groups excluding carboxylic acids is 2. The first-order chi connectivity index (χ1) is 10.6. The van der Waals surface area contributed by atoms with E-state index in [9.17, 15) is 9.59 Å². The Hall–Kier alpha value is -1.56. The summed E-state index contributed by atoms with van der Waals surface area (Å²) in [4.78, 5) is 25.0. The number of nitrogens with zero attached hydrogens (tertiary/aromatic N) is 1. The summed E-state index contributed by atoms with van der Waals surface area (Å²) in [5, 5.41) is 5.70. The summed E-state index contributed by atoms with van der Waals surface area (Å²) in [7, 11) is 0. The van der Waals surface area contributed by atoms with Crippen molar-refractivity contribution in [1.82, 2.24) is 15.5 Å². The minimum atomic E-state index is -0.473. The zero-order valence-electron chi connectivity index (χ0n) is 13.3. The molecule has 1 fully saturated rings. The highest BCUT2D eigenvalue weighted by atomic mass is 16.2. The van der Waals surface area contributed by atoms with Crippen molar-refractivity contribution in [2.24, 2.45) is 11.7 Å². The van der Waals surface area contributed by atoms with Gasteiger partial charge in [0.2, 0.25) is 5.91 Å². The number of urea groups is 1. The normalized spacial score (nSPS) is 20.3. The van der Waals surface area contributed by atoms with E-state index in [-0.39, 0.29) is 11.8 Å². The highest BCUT2D eigenvalue weighted by Crippen LogP contribution is 2.23. The van der Waals surface area contributed by atoms with Gasteiger partial charge in [0, 0.05) is 38.6 Å². The van der Waals surface area contributed by atoms with Gasteiger partial charge in [-0.3, -0.25) is 9.69 Å². The van der Waals surface area contributed by atoms with Crippen LogP contribution < -0.4 is 16.4 Å². The molecule has 6 heteroatoms. The third-order valence-corrected chi connectivity index (χ3v) is 4.58. The predicted octanol–water partition coefficient (Wildman–Crippen LogP) is 0.983. The van der Waals surface area contributed by atoms with Crippen molar-refractivity contribution in [1.29, 1.82) is 0 Å². The molecule has 1 aliphatic carbocycles. The van der Waals surface area contributed by atoms with Gasteiger partial charge in [0.15, 0.2) is 0 Å². The lowest BCUT2D eigenvalue weighted by molar-refractivity contribution is -0.125. The maximum Gasteiger partial charge on any atom is 0.312 e. The monoisotopic (exact) mass is 308 g/mol. The average molecular weight is 308 g/mol. The van der Waals surface area contributed by atoms with Crippen LogP contribution >= 0.6 is 0 Å². The molecule has 1 saturated carbocycles. The SMILES string of the molecule is NC(=O)NCCN1CC=C(CNC(=O)C2CCCCC2)CC1. The fourth-order valence-corrected chi connectivity index (χ4v) is 3.16. The second kappa shape index (κ2) is 8.78. The minimum Gasteiger partial charge on any atom is -0.352 e. The molecule has 0 aromatic heterocycles. The van der Waals surface area contributed by atoms with Gasteiger partial charge in [-0.15, -0.1) is 0 Å². The maximum atomic E-state index is 12.1. The molecule has 0 unspecified atom stereocenters. The van der Waals surface area contributed by atoms with Gasteiger partial charge in [-0.2, -0.15) is 0 Å². The van der Waals surface area contributed by atoms with Crippen LogP contribution in [0.5, 0.6) is 0 Å². The third kappa shape index (κ3) is 5.67. The molecule has 0 aromatic carbocycles. The van der Waals surface area contributed by atoms with Crippen LogP contribution in [0.4, 0.5) is 4.79 Å². The van der Waals surface area contributed by atoms with Crippen molar-refractivity contribution in [3.8, 4) is 0 Å². The molecule has 0 spiro atoms. The summed E-state index contributed by atoms with van der Waals surface area (Å²) < 4.78 is 0. The summed E-state index contributed by atoms with van der Waals surface area (Å²) in [6.45, 7) is 3.90. The van der Waals surface area contributed by atoms with Gasteiger partial charge < -0.3 is 16.4 Å². The lowest BCUT2D eigenvalue weighted by Crippen LogP contribution is -2.40. The number of hydrogen-bond acceptors (Lipinski definition) is 3. The first kappa shape index (κ1) is 16.8. The molecule has 2 rings (SSSR count). The molecule has 0 atom stereocenters. The smallest absolute Gasteiger partial charge is 0.312 e. The summed E-state index contributed by atoms with van der Waals surface area (Å²) >= 11 is 0. The Labute approximate surface area is 132 Å². The summed E-state index contributed by atoms with van der Waals surface area (Å²) in [6, 6.07) is -0.473. The Bertz CT molecular complexity index is 416. The van der Waals surface area contributed by atoms with Crippen LogP contribution in [-0.4, -0.2) is 49.6 Å². The first-order valence-electron chi connectivity index (χ1n) is 8.36. The molecule has 22 heavy (non-hydrogen) atoms. The minimum absolute atomic E-state index is 0.230. The molecular weight excluding hydrogens is 280 g/mol. The number of amides is 3. The topological polar surface area (TPSA) is 87.5 Å². The number of nitrogens with two attached hydrogens (primary N) is 1. The standard InChI is InChI=1S/C16H28N4O2/c17-16(22)18-8-11-20-9-6-13(7-10-20)12-19-15(21)14-4-2-1-3-5-14/h6,14H,1-5,7-12H2,(H,19,21)(H3,17,18,22). The Kier molecular flexibility index (Phi) is 6.71. The quantitative estimate of drug-likeness (QED) is 0.639. The van der Waals surface area contributed by atoms with Crippen LogP contribution in [0.1, 0.15) is 38.5 Å². The molecular formula is C16H28N4O2. The van der Waals surface area contributed by atoms with Gasteiger partial charge in [-0.1, -0.05) is 30.9 Å². The van der Waals surface area contributed by atoms with Crippen LogP contribution in [0.2, 0.25) is 0 Å². The number of hydrogen-bond donors (Lipinski definition) is 3. The molecule has 0 bridgehead atoms. The van der Waals surface area contributed by atoms with E-state index in [0.717, 1.165) is 38.9 Å².